The SMILES string of the molecule is CCc1c(-c2nnc(C(=O)O)o2)nn(-c2ccc(Cl)cc2Cl)c1-c1ccc(Br)cc1. The molecule has 10 heteroatoms. The summed E-state index contributed by atoms with van der Waals surface area (Å²) < 4.78 is 7.94. The molecule has 0 unspecified atom stereocenters. The maximum Gasteiger partial charge on any atom is 0.393 e. The summed E-state index contributed by atoms with van der Waals surface area (Å²) in [6, 6.07) is 12.8. The van der Waals surface area contributed by atoms with Crippen LogP contribution in [-0.4, -0.2) is 31.1 Å². The first-order valence-electron chi connectivity index (χ1n) is 8.79. The monoisotopic (exact) mass is 506 g/mol. The lowest BCUT2D eigenvalue weighted by atomic mass is 10.0. The minimum atomic E-state index is -1.31. The predicted molar refractivity (Wildman–Crippen MR) is 116 cm³/mol. The summed E-state index contributed by atoms with van der Waals surface area (Å²) in [6.45, 7) is 1.96. The lowest BCUT2D eigenvalue weighted by Gasteiger charge is -2.11. The van der Waals surface area contributed by atoms with E-state index in [1.54, 1.807) is 22.9 Å². The van der Waals surface area contributed by atoms with Gasteiger partial charge in [0.1, 0.15) is 0 Å². The first-order valence-corrected chi connectivity index (χ1v) is 10.3. The van der Waals surface area contributed by atoms with Crippen molar-refractivity contribution < 1.29 is 14.3 Å². The number of nitrogens with zero attached hydrogens (tertiary/aromatic N) is 4. The van der Waals surface area contributed by atoms with Crippen molar-refractivity contribution in [3.05, 3.63) is 68.4 Å². The van der Waals surface area contributed by atoms with Crippen LogP contribution in [0.4, 0.5) is 0 Å². The Morgan fingerprint density at radius 1 is 1.17 bits per heavy atom. The van der Waals surface area contributed by atoms with Crippen LogP contribution in [0.5, 0.6) is 0 Å². The molecule has 2 aromatic carbocycles. The van der Waals surface area contributed by atoms with Gasteiger partial charge >= 0.3 is 11.9 Å². The molecule has 0 aliphatic heterocycles. The highest BCUT2D eigenvalue weighted by Gasteiger charge is 2.26. The number of hydrogen-bond acceptors (Lipinski definition) is 5. The van der Waals surface area contributed by atoms with E-state index in [4.69, 9.17) is 32.7 Å². The van der Waals surface area contributed by atoms with E-state index >= 15 is 0 Å². The third-order valence-corrected chi connectivity index (χ3v) is 5.47. The Balaban J connectivity index is 2.01. The van der Waals surface area contributed by atoms with Gasteiger partial charge in [0.2, 0.25) is 0 Å². The molecule has 4 rings (SSSR count). The van der Waals surface area contributed by atoms with Crippen LogP contribution in [0.15, 0.2) is 51.4 Å². The molecular weight excluding hydrogens is 495 g/mol. The van der Waals surface area contributed by atoms with Crippen LogP contribution in [0.3, 0.4) is 0 Å². The van der Waals surface area contributed by atoms with Gasteiger partial charge in [-0.15, -0.1) is 10.2 Å². The summed E-state index contributed by atoms with van der Waals surface area (Å²) >= 11 is 16.0. The number of benzene rings is 2. The van der Waals surface area contributed by atoms with Crippen molar-refractivity contribution in [3.63, 3.8) is 0 Å². The van der Waals surface area contributed by atoms with E-state index in [1.165, 1.54) is 0 Å². The van der Waals surface area contributed by atoms with Crippen molar-refractivity contribution in [1.82, 2.24) is 20.0 Å². The summed E-state index contributed by atoms with van der Waals surface area (Å²) in [5.41, 5.74) is 3.47. The molecule has 0 saturated carbocycles. The maximum atomic E-state index is 11.2. The van der Waals surface area contributed by atoms with Gasteiger partial charge in [-0.3, -0.25) is 0 Å². The van der Waals surface area contributed by atoms with Crippen LogP contribution in [0, 0.1) is 0 Å². The van der Waals surface area contributed by atoms with Gasteiger partial charge in [-0.2, -0.15) is 5.10 Å². The Hall–Kier alpha value is -2.68. The fourth-order valence-electron chi connectivity index (χ4n) is 3.09. The van der Waals surface area contributed by atoms with E-state index in [0.29, 0.717) is 27.8 Å². The largest absolute Gasteiger partial charge is 0.474 e. The zero-order valence-corrected chi connectivity index (χ0v) is 18.5. The number of hydrogen-bond donors (Lipinski definition) is 1. The Morgan fingerprint density at radius 2 is 1.90 bits per heavy atom. The van der Waals surface area contributed by atoms with E-state index in [-0.39, 0.29) is 5.89 Å². The molecule has 2 heterocycles. The van der Waals surface area contributed by atoms with Crippen LogP contribution in [0.1, 0.15) is 23.2 Å². The molecule has 0 aliphatic carbocycles. The highest BCUT2D eigenvalue weighted by atomic mass is 79.9. The van der Waals surface area contributed by atoms with E-state index in [9.17, 15) is 4.79 Å². The lowest BCUT2D eigenvalue weighted by Crippen LogP contribution is -2.01. The Bertz CT molecular complexity index is 1250. The zero-order valence-electron chi connectivity index (χ0n) is 15.4. The van der Waals surface area contributed by atoms with E-state index < -0.39 is 11.9 Å². The Morgan fingerprint density at radius 3 is 2.50 bits per heavy atom. The molecular formula is C20H13BrCl2N4O3. The predicted octanol–water partition coefficient (Wildman–Crippen LogP) is 5.92. The van der Waals surface area contributed by atoms with Gasteiger partial charge in [-0.1, -0.05) is 58.2 Å². The Labute approximate surface area is 189 Å². The molecule has 4 aromatic rings. The minimum Gasteiger partial charge on any atom is -0.474 e. The maximum absolute atomic E-state index is 11.2. The van der Waals surface area contributed by atoms with Gasteiger partial charge in [-0.05, 0) is 36.8 Å². The molecule has 152 valence electrons. The number of aromatic nitrogens is 4. The van der Waals surface area contributed by atoms with Crippen molar-refractivity contribution >= 4 is 45.1 Å². The molecule has 0 radical (unpaired) electrons. The molecule has 0 bridgehead atoms. The molecule has 1 N–H and O–H groups in total. The minimum absolute atomic E-state index is 0.0199. The van der Waals surface area contributed by atoms with Crippen LogP contribution >= 0.6 is 39.1 Å². The summed E-state index contributed by atoms with van der Waals surface area (Å²) in [5, 5.41) is 22.2. The van der Waals surface area contributed by atoms with E-state index in [2.05, 4.69) is 31.2 Å². The fraction of sp³-hybridized carbons (Fsp3) is 0.100. The Kier molecular flexibility index (Phi) is 5.64. The summed E-state index contributed by atoms with van der Waals surface area (Å²) in [6.07, 6.45) is 0.580. The van der Waals surface area contributed by atoms with Crippen molar-refractivity contribution in [3.8, 4) is 28.5 Å². The average molecular weight is 508 g/mol. The number of carboxylic acid groups (broad SMARTS) is 1. The van der Waals surface area contributed by atoms with Gasteiger partial charge in [0.25, 0.3) is 5.89 Å². The molecule has 0 atom stereocenters. The van der Waals surface area contributed by atoms with Gasteiger partial charge in [0.15, 0.2) is 5.69 Å². The van der Waals surface area contributed by atoms with E-state index in [1.807, 2.05) is 31.2 Å². The number of aromatic carboxylic acids is 1. The second-order valence-electron chi connectivity index (χ2n) is 6.26. The standard InChI is InChI=1S/C20H13BrCl2N4O3/c1-2-13-16(18-24-25-19(30-18)20(28)29)26-27(15-8-7-12(22)9-14(15)23)17(13)10-3-5-11(21)6-4-10/h3-9H,2H2,1H3,(H,28,29). The van der Waals surface area contributed by atoms with Crippen LogP contribution in [0.25, 0.3) is 28.5 Å². The third kappa shape index (κ3) is 3.74. The van der Waals surface area contributed by atoms with Gasteiger partial charge in [0, 0.05) is 20.6 Å². The van der Waals surface area contributed by atoms with Crippen LogP contribution in [-0.2, 0) is 6.42 Å². The quantitative estimate of drug-likeness (QED) is 0.360. The van der Waals surface area contributed by atoms with Gasteiger partial charge < -0.3 is 9.52 Å². The number of halogens is 3. The fourth-order valence-corrected chi connectivity index (χ4v) is 3.85. The normalized spacial score (nSPS) is 11.1. The summed E-state index contributed by atoms with van der Waals surface area (Å²) in [4.78, 5) is 11.2. The smallest absolute Gasteiger partial charge is 0.393 e. The molecule has 0 fully saturated rings. The number of carbonyl (C=O) groups is 1. The summed E-state index contributed by atoms with van der Waals surface area (Å²) in [5.74, 6) is -1.79. The highest BCUT2D eigenvalue weighted by Crippen LogP contribution is 2.37. The molecule has 0 saturated heterocycles. The topological polar surface area (TPSA) is 94.0 Å². The zero-order chi connectivity index (χ0) is 21.4. The second kappa shape index (κ2) is 8.22. The average Bonchev–Trinajstić information content (AvgIpc) is 3.33. The van der Waals surface area contributed by atoms with Gasteiger partial charge in [-0.25, -0.2) is 9.48 Å². The molecule has 7 nitrogen and oxygen atoms in total. The number of rotatable bonds is 5. The van der Waals surface area contributed by atoms with Crippen molar-refractivity contribution in [2.24, 2.45) is 0 Å². The van der Waals surface area contributed by atoms with Crippen molar-refractivity contribution in [2.75, 3.05) is 0 Å². The molecule has 0 amide bonds. The first kappa shape index (κ1) is 20.6. The molecule has 30 heavy (non-hydrogen) atoms. The molecule has 0 aliphatic rings. The lowest BCUT2D eigenvalue weighted by molar-refractivity contribution is 0.0654. The second-order valence-corrected chi connectivity index (χ2v) is 8.02. The van der Waals surface area contributed by atoms with Crippen LogP contribution < -0.4 is 0 Å². The highest BCUT2D eigenvalue weighted by molar-refractivity contribution is 9.10. The first-order chi connectivity index (χ1) is 14.4. The molecule has 0 spiro atoms. The van der Waals surface area contributed by atoms with Gasteiger partial charge in [0.05, 0.1) is 16.4 Å². The van der Waals surface area contributed by atoms with Crippen molar-refractivity contribution in [1.29, 1.82) is 0 Å². The van der Waals surface area contributed by atoms with E-state index in [0.717, 1.165) is 21.3 Å². The van der Waals surface area contributed by atoms with Crippen LogP contribution in [0.2, 0.25) is 10.0 Å². The molecule has 2 aromatic heterocycles. The van der Waals surface area contributed by atoms with Crippen molar-refractivity contribution in [2.45, 2.75) is 13.3 Å². The number of carboxylic acids is 1. The third-order valence-electron chi connectivity index (χ3n) is 4.40. The summed E-state index contributed by atoms with van der Waals surface area (Å²) in [7, 11) is 0.